The zero-order valence-electron chi connectivity index (χ0n) is 18.7. The second-order valence-electron chi connectivity index (χ2n) is 10.0. The molecule has 3 heterocycles. The summed E-state index contributed by atoms with van der Waals surface area (Å²) in [5.74, 6) is 0.922. The van der Waals surface area contributed by atoms with Gasteiger partial charge in [0.15, 0.2) is 0 Å². The molecule has 3 aliphatic heterocycles. The molecule has 1 aromatic rings. The highest BCUT2D eigenvalue weighted by Crippen LogP contribution is 2.57. The maximum absolute atomic E-state index is 13.3. The van der Waals surface area contributed by atoms with Crippen LogP contribution in [0.25, 0.3) is 0 Å². The summed E-state index contributed by atoms with van der Waals surface area (Å²) in [6, 6.07) is 10.0. The Labute approximate surface area is 180 Å². The number of nitrogens with zero attached hydrogens (tertiary/aromatic N) is 3. The molecule has 6 heteroatoms. The summed E-state index contributed by atoms with van der Waals surface area (Å²) in [5, 5.41) is 3.06. The van der Waals surface area contributed by atoms with Crippen LogP contribution in [0.3, 0.4) is 0 Å². The van der Waals surface area contributed by atoms with Crippen LogP contribution in [0.4, 0.5) is 4.79 Å². The number of carbonyl (C=O) groups is 2. The molecule has 164 valence electrons. The van der Waals surface area contributed by atoms with Crippen LogP contribution in [0.1, 0.15) is 38.7 Å². The Morgan fingerprint density at radius 2 is 1.77 bits per heavy atom. The topological polar surface area (TPSA) is 55.9 Å². The molecule has 0 bridgehead atoms. The number of hydrogen-bond donors (Lipinski definition) is 1. The lowest BCUT2D eigenvalue weighted by Crippen LogP contribution is -2.54. The third-order valence-electron chi connectivity index (χ3n) is 7.58. The highest BCUT2D eigenvalue weighted by Gasteiger charge is 2.64. The maximum atomic E-state index is 13.3. The van der Waals surface area contributed by atoms with E-state index in [9.17, 15) is 9.59 Å². The van der Waals surface area contributed by atoms with E-state index in [1.807, 2.05) is 47.2 Å². The van der Waals surface area contributed by atoms with Gasteiger partial charge >= 0.3 is 6.03 Å². The summed E-state index contributed by atoms with van der Waals surface area (Å²) >= 11 is 0. The average molecular weight is 413 g/mol. The molecule has 1 aromatic carbocycles. The third-order valence-corrected chi connectivity index (χ3v) is 7.58. The number of piperidine rings is 1. The lowest BCUT2D eigenvalue weighted by Gasteiger charge is -2.46. The first kappa shape index (κ1) is 21.2. The Morgan fingerprint density at radius 3 is 2.37 bits per heavy atom. The summed E-state index contributed by atoms with van der Waals surface area (Å²) in [7, 11) is 1.95. The summed E-state index contributed by atoms with van der Waals surface area (Å²) in [4.78, 5) is 32.4. The molecular formula is C24H36N4O2. The molecule has 0 radical (unpaired) electrons. The molecule has 1 N–H and O–H groups in total. The van der Waals surface area contributed by atoms with E-state index in [4.69, 9.17) is 0 Å². The minimum absolute atomic E-state index is 0.0000562. The summed E-state index contributed by atoms with van der Waals surface area (Å²) in [6.07, 6.45) is 2.79. The lowest BCUT2D eigenvalue weighted by atomic mass is 9.60. The minimum Gasteiger partial charge on any atom is -0.345 e. The summed E-state index contributed by atoms with van der Waals surface area (Å²) in [5.41, 5.74) is 0.849. The second-order valence-corrected chi connectivity index (χ2v) is 10.0. The van der Waals surface area contributed by atoms with E-state index in [-0.39, 0.29) is 16.9 Å². The van der Waals surface area contributed by atoms with Crippen molar-refractivity contribution in [3.63, 3.8) is 0 Å². The van der Waals surface area contributed by atoms with Crippen LogP contribution in [-0.2, 0) is 11.3 Å². The van der Waals surface area contributed by atoms with Crippen molar-refractivity contribution in [2.45, 2.75) is 39.7 Å². The van der Waals surface area contributed by atoms with Crippen molar-refractivity contribution in [3.8, 4) is 0 Å². The van der Waals surface area contributed by atoms with E-state index in [0.717, 1.165) is 64.1 Å². The maximum Gasteiger partial charge on any atom is 0.317 e. The zero-order valence-corrected chi connectivity index (χ0v) is 18.7. The van der Waals surface area contributed by atoms with Gasteiger partial charge in [-0.1, -0.05) is 44.2 Å². The Bertz CT molecular complexity index is 773. The van der Waals surface area contributed by atoms with Crippen LogP contribution < -0.4 is 5.32 Å². The zero-order chi connectivity index (χ0) is 21.4. The number of nitrogens with one attached hydrogen (secondary N) is 1. The largest absolute Gasteiger partial charge is 0.345 e. The fourth-order valence-corrected chi connectivity index (χ4v) is 6.06. The Balaban J connectivity index is 1.43. The van der Waals surface area contributed by atoms with Gasteiger partial charge in [-0.3, -0.25) is 4.79 Å². The minimum atomic E-state index is -0.261. The van der Waals surface area contributed by atoms with Crippen LogP contribution in [-0.4, -0.2) is 73.0 Å². The molecule has 0 unspecified atom stereocenters. The first-order chi connectivity index (χ1) is 14.4. The fourth-order valence-electron chi connectivity index (χ4n) is 6.06. The van der Waals surface area contributed by atoms with Gasteiger partial charge in [-0.15, -0.1) is 0 Å². The number of likely N-dealkylation sites (tertiary alicyclic amines) is 3. The van der Waals surface area contributed by atoms with Gasteiger partial charge < -0.3 is 20.0 Å². The number of hydrogen-bond acceptors (Lipinski definition) is 3. The van der Waals surface area contributed by atoms with E-state index in [1.165, 1.54) is 0 Å². The van der Waals surface area contributed by atoms with Crippen molar-refractivity contribution < 1.29 is 9.59 Å². The van der Waals surface area contributed by atoms with Gasteiger partial charge in [0.05, 0.1) is 5.41 Å². The number of amides is 3. The molecule has 0 aromatic heterocycles. The molecule has 0 aliphatic carbocycles. The van der Waals surface area contributed by atoms with Gasteiger partial charge in [-0.2, -0.15) is 0 Å². The Morgan fingerprint density at radius 1 is 1.07 bits per heavy atom. The molecule has 30 heavy (non-hydrogen) atoms. The van der Waals surface area contributed by atoms with E-state index < -0.39 is 0 Å². The van der Waals surface area contributed by atoms with E-state index in [0.29, 0.717) is 18.4 Å². The Hall–Kier alpha value is -2.08. The van der Waals surface area contributed by atoms with Crippen LogP contribution in [0.15, 0.2) is 30.3 Å². The average Bonchev–Trinajstić information content (AvgIpc) is 3.19. The predicted molar refractivity (Wildman–Crippen MR) is 118 cm³/mol. The van der Waals surface area contributed by atoms with Crippen molar-refractivity contribution >= 4 is 11.9 Å². The molecule has 3 fully saturated rings. The van der Waals surface area contributed by atoms with Gasteiger partial charge in [-0.25, -0.2) is 4.79 Å². The standard InChI is InChI=1S/C24H36N4O2/c1-19(2)16-27-17-23(24(18-27)11-12-26(3)21(24)29)9-13-28(14-10-23)22(30)25-15-20-7-5-4-6-8-20/h4-8,19H,9-18H2,1-3H3,(H,25,30)/t24-/m0/s1. The highest BCUT2D eigenvalue weighted by molar-refractivity contribution is 5.86. The molecule has 0 saturated carbocycles. The molecule has 6 nitrogen and oxygen atoms in total. The van der Waals surface area contributed by atoms with Gasteiger partial charge in [0.25, 0.3) is 0 Å². The lowest BCUT2D eigenvalue weighted by molar-refractivity contribution is -0.141. The van der Waals surface area contributed by atoms with Crippen LogP contribution in [0.5, 0.6) is 0 Å². The summed E-state index contributed by atoms with van der Waals surface area (Å²) in [6.45, 7) is 10.3. The highest BCUT2D eigenvalue weighted by atomic mass is 16.2. The first-order valence-electron chi connectivity index (χ1n) is 11.4. The van der Waals surface area contributed by atoms with Crippen molar-refractivity contribution in [1.29, 1.82) is 0 Å². The molecule has 2 spiro atoms. The quantitative estimate of drug-likeness (QED) is 0.827. The van der Waals surface area contributed by atoms with E-state index in [2.05, 4.69) is 24.1 Å². The van der Waals surface area contributed by atoms with Crippen LogP contribution >= 0.6 is 0 Å². The Kier molecular flexibility index (Phi) is 5.80. The van der Waals surface area contributed by atoms with Crippen molar-refractivity contribution in [3.05, 3.63) is 35.9 Å². The third kappa shape index (κ3) is 3.70. The molecular weight excluding hydrogens is 376 g/mol. The monoisotopic (exact) mass is 412 g/mol. The molecule has 1 atom stereocenters. The van der Waals surface area contributed by atoms with Gasteiger partial charge in [0.1, 0.15) is 0 Å². The fraction of sp³-hybridized carbons (Fsp3) is 0.667. The number of fused-ring (bicyclic) bond motifs is 1. The molecule has 3 amide bonds. The number of rotatable bonds is 4. The van der Waals surface area contributed by atoms with E-state index >= 15 is 0 Å². The van der Waals surface area contributed by atoms with Crippen LogP contribution in [0.2, 0.25) is 0 Å². The van der Waals surface area contributed by atoms with Crippen molar-refractivity contribution in [2.75, 3.05) is 46.3 Å². The van der Waals surface area contributed by atoms with Crippen molar-refractivity contribution in [2.24, 2.45) is 16.7 Å². The predicted octanol–water partition coefficient (Wildman–Crippen LogP) is 2.80. The smallest absolute Gasteiger partial charge is 0.317 e. The SMILES string of the molecule is CC(C)CN1CC2(CCN(C(=O)NCc3ccccc3)CC2)[C@@]2(CCN(C)C2=O)C1. The molecule has 3 saturated heterocycles. The second kappa shape index (κ2) is 8.22. The number of carbonyl (C=O) groups excluding carboxylic acids is 2. The normalized spacial score (nSPS) is 26.3. The number of urea groups is 1. The first-order valence-corrected chi connectivity index (χ1v) is 11.4. The van der Waals surface area contributed by atoms with Crippen molar-refractivity contribution in [1.82, 2.24) is 20.0 Å². The van der Waals surface area contributed by atoms with Gasteiger partial charge in [-0.05, 0) is 30.7 Å². The number of benzene rings is 1. The molecule has 4 rings (SSSR count). The van der Waals surface area contributed by atoms with Gasteiger partial charge in [0.2, 0.25) is 5.91 Å². The van der Waals surface area contributed by atoms with E-state index in [1.54, 1.807) is 0 Å². The summed E-state index contributed by atoms with van der Waals surface area (Å²) < 4.78 is 0. The molecule has 3 aliphatic rings. The van der Waals surface area contributed by atoms with Crippen LogP contribution in [0, 0.1) is 16.7 Å². The van der Waals surface area contributed by atoms with Gasteiger partial charge in [0, 0.05) is 58.3 Å².